The number of hydrogen-bond acceptors (Lipinski definition) is 3. The second kappa shape index (κ2) is 6.71. The highest BCUT2D eigenvalue weighted by Gasteiger charge is 2.34. The van der Waals surface area contributed by atoms with Crippen LogP contribution in [0.5, 0.6) is 0 Å². The molecular weight excluding hydrogens is 240 g/mol. The molecule has 19 heavy (non-hydrogen) atoms. The molecule has 4 atom stereocenters. The first kappa shape index (κ1) is 14.8. The van der Waals surface area contributed by atoms with Crippen LogP contribution in [0.4, 0.5) is 0 Å². The van der Waals surface area contributed by atoms with E-state index in [1.165, 1.54) is 6.42 Å². The number of rotatable bonds is 2. The summed E-state index contributed by atoms with van der Waals surface area (Å²) in [5.41, 5.74) is 6.03. The Morgan fingerprint density at radius 3 is 2.74 bits per heavy atom. The van der Waals surface area contributed by atoms with E-state index in [9.17, 15) is 9.90 Å². The molecule has 3 N–H and O–H groups in total. The normalized spacial score (nSPS) is 36.9. The Hall–Kier alpha value is -0.610. The van der Waals surface area contributed by atoms with Crippen molar-refractivity contribution in [2.45, 2.75) is 64.0 Å². The van der Waals surface area contributed by atoms with Gasteiger partial charge in [0.25, 0.3) is 0 Å². The first-order valence-electron chi connectivity index (χ1n) is 7.80. The highest BCUT2D eigenvalue weighted by Crippen LogP contribution is 2.31. The van der Waals surface area contributed by atoms with E-state index in [2.05, 4.69) is 6.92 Å². The molecule has 1 saturated heterocycles. The molecule has 1 saturated carbocycles. The maximum atomic E-state index is 12.7. The fourth-order valence-corrected chi connectivity index (χ4v) is 3.54. The average molecular weight is 268 g/mol. The van der Waals surface area contributed by atoms with Crippen LogP contribution in [0.1, 0.15) is 51.9 Å². The summed E-state index contributed by atoms with van der Waals surface area (Å²) in [5, 5.41) is 9.51. The van der Waals surface area contributed by atoms with Crippen LogP contribution in [-0.4, -0.2) is 41.1 Å². The zero-order valence-corrected chi connectivity index (χ0v) is 12.1. The van der Waals surface area contributed by atoms with Crippen molar-refractivity contribution in [2.24, 2.45) is 17.6 Å². The van der Waals surface area contributed by atoms with Gasteiger partial charge in [-0.1, -0.05) is 19.8 Å². The third kappa shape index (κ3) is 3.48. The Morgan fingerprint density at radius 2 is 2.05 bits per heavy atom. The number of hydrogen-bond donors (Lipinski definition) is 2. The van der Waals surface area contributed by atoms with E-state index in [4.69, 9.17) is 5.73 Å². The lowest BCUT2D eigenvalue weighted by atomic mass is 9.78. The molecule has 1 aliphatic heterocycles. The van der Waals surface area contributed by atoms with Gasteiger partial charge < -0.3 is 15.7 Å². The quantitative estimate of drug-likeness (QED) is 0.798. The lowest BCUT2D eigenvalue weighted by Gasteiger charge is -2.36. The van der Waals surface area contributed by atoms with E-state index in [1.807, 2.05) is 4.90 Å². The van der Waals surface area contributed by atoms with Gasteiger partial charge in [0.05, 0.1) is 12.6 Å². The predicted molar refractivity (Wildman–Crippen MR) is 75.5 cm³/mol. The molecule has 2 aliphatic rings. The summed E-state index contributed by atoms with van der Waals surface area (Å²) in [5.74, 6) is 0.823. The summed E-state index contributed by atoms with van der Waals surface area (Å²) < 4.78 is 0. The van der Waals surface area contributed by atoms with Gasteiger partial charge in [0.2, 0.25) is 5.91 Å². The van der Waals surface area contributed by atoms with E-state index in [-0.39, 0.29) is 30.5 Å². The van der Waals surface area contributed by atoms with Crippen molar-refractivity contribution in [3.63, 3.8) is 0 Å². The second-order valence-electron chi connectivity index (χ2n) is 6.37. The minimum absolute atomic E-state index is 0.0425. The van der Waals surface area contributed by atoms with Crippen LogP contribution < -0.4 is 5.73 Å². The SMILES string of the molecule is CC1CC(C(=O)N2CCCCCC2CO)CCC1N. The Balaban J connectivity index is 2.00. The van der Waals surface area contributed by atoms with Crippen LogP contribution in [0.3, 0.4) is 0 Å². The molecule has 0 aromatic rings. The highest BCUT2D eigenvalue weighted by molar-refractivity contribution is 5.79. The Morgan fingerprint density at radius 1 is 1.26 bits per heavy atom. The van der Waals surface area contributed by atoms with E-state index in [0.29, 0.717) is 5.92 Å². The number of amides is 1. The van der Waals surface area contributed by atoms with Crippen molar-refractivity contribution in [1.29, 1.82) is 0 Å². The molecule has 0 radical (unpaired) electrons. The van der Waals surface area contributed by atoms with Crippen LogP contribution in [0.25, 0.3) is 0 Å². The minimum atomic E-state index is 0.0425. The molecule has 0 bridgehead atoms. The number of carbonyl (C=O) groups is 1. The molecule has 1 aliphatic carbocycles. The van der Waals surface area contributed by atoms with Gasteiger partial charge >= 0.3 is 0 Å². The molecule has 1 amide bonds. The topological polar surface area (TPSA) is 66.6 Å². The molecular formula is C15H28N2O2. The van der Waals surface area contributed by atoms with E-state index >= 15 is 0 Å². The summed E-state index contributed by atoms with van der Waals surface area (Å²) in [6.07, 6.45) is 7.10. The maximum absolute atomic E-state index is 12.7. The van der Waals surface area contributed by atoms with Gasteiger partial charge in [-0.15, -0.1) is 0 Å². The smallest absolute Gasteiger partial charge is 0.226 e. The van der Waals surface area contributed by atoms with Gasteiger partial charge in [-0.3, -0.25) is 4.79 Å². The third-order valence-corrected chi connectivity index (χ3v) is 4.96. The van der Waals surface area contributed by atoms with Crippen LogP contribution in [0.15, 0.2) is 0 Å². The number of nitrogens with two attached hydrogens (primary N) is 1. The predicted octanol–water partition coefficient (Wildman–Crippen LogP) is 1.51. The molecule has 0 aromatic carbocycles. The van der Waals surface area contributed by atoms with Crippen molar-refractivity contribution >= 4 is 5.91 Å². The summed E-state index contributed by atoms with van der Waals surface area (Å²) in [4.78, 5) is 14.7. The molecule has 110 valence electrons. The fourth-order valence-electron chi connectivity index (χ4n) is 3.54. The summed E-state index contributed by atoms with van der Waals surface area (Å²) in [6, 6.07) is 0.294. The summed E-state index contributed by atoms with van der Waals surface area (Å²) in [7, 11) is 0. The van der Waals surface area contributed by atoms with Gasteiger partial charge in [-0.25, -0.2) is 0 Å². The standard InChI is InChI=1S/C15H28N2O2/c1-11-9-12(6-7-14(11)16)15(19)17-8-4-2-3-5-13(17)10-18/h11-14,18H,2-10,16H2,1H3. The lowest BCUT2D eigenvalue weighted by molar-refractivity contribution is -0.140. The molecule has 4 nitrogen and oxygen atoms in total. The van der Waals surface area contributed by atoms with Gasteiger partial charge in [-0.05, 0) is 38.0 Å². The highest BCUT2D eigenvalue weighted by atomic mass is 16.3. The zero-order valence-electron chi connectivity index (χ0n) is 12.1. The monoisotopic (exact) mass is 268 g/mol. The first-order valence-corrected chi connectivity index (χ1v) is 7.80. The number of carbonyl (C=O) groups excluding carboxylic acids is 1. The molecule has 0 aromatic heterocycles. The van der Waals surface area contributed by atoms with Crippen molar-refractivity contribution in [3.05, 3.63) is 0 Å². The summed E-state index contributed by atoms with van der Waals surface area (Å²) in [6.45, 7) is 3.07. The number of aliphatic hydroxyl groups excluding tert-OH is 1. The minimum Gasteiger partial charge on any atom is -0.394 e. The second-order valence-corrected chi connectivity index (χ2v) is 6.37. The van der Waals surface area contributed by atoms with Crippen molar-refractivity contribution in [1.82, 2.24) is 4.90 Å². The Labute approximate surface area is 116 Å². The number of likely N-dealkylation sites (tertiary alicyclic amines) is 1. The Bertz CT molecular complexity index is 309. The van der Waals surface area contributed by atoms with Crippen molar-refractivity contribution < 1.29 is 9.90 Å². The Kier molecular flexibility index (Phi) is 5.22. The number of nitrogens with zero attached hydrogens (tertiary/aromatic N) is 1. The number of aliphatic hydroxyl groups is 1. The third-order valence-electron chi connectivity index (χ3n) is 4.96. The van der Waals surface area contributed by atoms with Gasteiger partial charge in [0, 0.05) is 18.5 Å². The van der Waals surface area contributed by atoms with E-state index in [1.54, 1.807) is 0 Å². The lowest BCUT2D eigenvalue weighted by Crippen LogP contribution is -2.47. The van der Waals surface area contributed by atoms with Gasteiger partial charge in [0.15, 0.2) is 0 Å². The van der Waals surface area contributed by atoms with Crippen LogP contribution in [-0.2, 0) is 4.79 Å². The fraction of sp³-hybridized carbons (Fsp3) is 0.933. The van der Waals surface area contributed by atoms with Crippen LogP contribution >= 0.6 is 0 Å². The molecule has 4 heteroatoms. The van der Waals surface area contributed by atoms with Crippen LogP contribution in [0.2, 0.25) is 0 Å². The van der Waals surface area contributed by atoms with E-state index < -0.39 is 0 Å². The molecule has 2 fully saturated rings. The maximum Gasteiger partial charge on any atom is 0.226 e. The van der Waals surface area contributed by atoms with Crippen molar-refractivity contribution in [2.75, 3.05) is 13.2 Å². The van der Waals surface area contributed by atoms with Crippen LogP contribution in [0, 0.1) is 11.8 Å². The largest absolute Gasteiger partial charge is 0.394 e. The van der Waals surface area contributed by atoms with Gasteiger partial charge in [0.1, 0.15) is 0 Å². The zero-order chi connectivity index (χ0) is 13.8. The molecule has 2 rings (SSSR count). The van der Waals surface area contributed by atoms with E-state index in [0.717, 1.165) is 45.1 Å². The summed E-state index contributed by atoms with van der Waals surface area (Å²) >= 11 is 0. The van der Waals surface area contributed by atoms with Crippen molar-refractivity contribution in [3.8, 4) is 0 Å². The molecule has 1 heterocycles. The molecule has 4 unspecified atom stereocenters. The average Bonchev–Trinajstić information content (AvgIpc) is 2.66. The first-order chi connectivity index (χ1) is 9.13. The molecule has 0 spiro atoms. The van der Waals surface area contributed by atoms with Gasteiger partial charge in [-0.2, -0.15) is 0 Å².